The Bertz CT molecular complexity index is 768. The van der Waals surface area contributed by atoms with Gasteiger partial charge in [-0.3, -0.25) is 4.72 Å². The molecule has 1 aromatic rings. The molecule has 2 heterocycles. The van der Waals surface area contributed by atoms with Gasteiger partial charge in [0.25, 0.3) is 0 Å². The molecule has 4 rings (SSSR count). The largest absolute Gasteiger partial charge is 0.383 e. The smallest absolute Gasteiger partial charge is 0.344 e. The topological polar surface area (TPSA) is 84.5 Å². The second-order valence-electron chi connectivity index (χ2n) is 5.18. The van der Waals surface area contributed by atoms with Gasteiger partial charge < -0.3 is 5.73 Å². The van der Waals surface area contributed by atoms with Crippen LogP contribution in [0.5, 0.6) is 0 Å². The van der Waals surface area contributed by atoms with Crippen molar-refractivity contribution in [3.63, 3.8) is 0 Å². The molecule has 0 saturated heterocycles. The Morgan fingerprint density at radius 2 is 2.15 bits per heavy atom. The van der Waals surface area contributed by atoms with Crippen LogP contribution in [0.4, 0.5) is 0 Å². The zero-order valence-corrected chi connectivity index (χ0v) is 12.2. The summed E-state index contributed by atoms with van der Waals surface area (Å²) in [6.45, 7) is 0. The molecule has 2 aliphatic heterocycles. The van der Waals surface area contributed by atoms with Gasteiger partial charge in [0.05, 0.1) is 5.03 Å². The van der Waals surface area contributed by atoms with Gasteiger partial charge in [0.1, 0.15) is 5.84 Å². The van der Waals surface area contributed by atoms with E-state index in [-0.39, 0.29) is 17.0 Å². The molecule has 3 aliphatic rings. The van der Waals surface area contributed by atoms with Gasteiger partial charge in [0.2, 0.25) is 0 Å². The molecule has 0 amide bonds. The molecular formula is C13H13N3O2S2. The molecule has 1 aliphatic carbocycles. The van der Waals surface area contributed by atoms with Gasteiger partial charge in [-0.15, -0.1) is 4.40 Å². The second kappa shape index (κ2) is 4.02. The minimum atomic E-state index is -3.67. The number of amidine groups is 1. The highest BCUT2D eigenvalue weighted by Gasteiger charge is 2.44. The first-order valence-electron chi connectivity index (χ1n) is 6.42. The molecule has 1 aromatic carbocycles. The van der Waals surface area contributed by atoms with Crippen LogP contribution in [-0.2, 0) is 16.6 Å². The van der Waals surface area contributed by atoms with E-state index in [2.05, 4.69) is 21.3 Å². The molecule has 104 valence electrons. The number of aryl methyl sites for hydroxylation is 1. The number of nitrogens with two attached hydrogens (primary N) is 1. The normalized spacial score (nSPS) is 29.9. The van der Waals surface area contributed by atoms with Crippen LogP contribution in [0.1, 0.15) is 22.8 Å². The molecule has 0 spiro atoms. The summed E-state index contributed by atoms with van der Waals surface area (Å²) in [6.07, 6.45) is 1.97. The second-order valence-corrected chi connectivity index (χ2v) is 7.67. The van der Waals surface area contributed by atoms with Crippen LogP contribution >= 0.6 is 11.8 Å². The number of fused-ring (bicyclic) bond motifs is 4. The SMILES string of the molecule is NC1=NS(=O)(=O)NC2=C1C1CCc3ccccc3C1S2. The van der Waals surface area contributed by atoms with Crippen LogP contribution in [0.2, 0.25) is 0 Å². The van der Waals surface area contributed by atoms with E-state index in [1.54, 1.807) is 11.8 Å². The third kappa shape index (κ3) is 1.69. The van der Waals surface area contributed by atoms with E-state index in [0.717, 1.165) is 18.4 Å². The minimum absolute atomic E-state index is 0.151. The Morgan fingerprint density at radius 1 is 1.35 bits per heavy atom. The van der Waals surface area contributed by atoms with Gasteiger partial charge >= 0.3 is 10.2 Å². The Kier molecular flexibility index (Phi) is 2.47. The molecule has 7 heteroatoms. The van der Waals surface area contributed by atoms with Crippen LogP contribution in [0.15, 0.2) is 39.3 Å². The summed E-state index contributed by atoms with van der Waals surface area (Å²) in [6, 6.07) is 8.34. The Hall–Kier alpha value is -1.47. The lowest BCUT2D eigenvalue weighted by molar-refractivity contribution is 0.535. The predicted octanol–water partition coefficient (Wildman–Crippen LogP) is 1.45. The van der Waals surface area contributed by atoms with Crippen molar-refractivity contribution in [3.05, 3.63) is 46.0 Å². The fourth-order valence-electron chi connectivity index (χ4n) is 3.22. The van der Waals surface area contributed by atoms with Crippen molar-refractivity contribution < 1.29 is 8.42 Å². The van der Waals surface area contributed by atoms with Gasteiger partial charge in [0.15, 0.2) is 0 Å². The number of hydrogen-bond donors (Lipinski definition) is 2. The van der Waals surface area contributed by atoms with E-state index in [1.807, 2.05) is 12.1 Å². The summed E-state index contributed by atoms with van der Waals surface area (Å²) in [5.74, 6) is 0.398. The zero-order chi connectivity index (χ0) is 13.9. The van der Waals surface area contributed by atoms with Crippen molar-refractivity contribution in [2.24, 2.45) is 16.0 Å². The molecule has 0 radical (unpaired) electrons. The summed E-state index contributed by atoms with van der Waals surface area (Å²) in [4.78, 5) is 0. The molecule has 2 unspecified atom stereocenters. The van der Waals surface area contributed by atoms with E-state index in [0.29, 0.717) is 5.03 Å². The van der Waals surface area contributed by atoms with Crippen LogP contribution in [-0.4, -0.2) is 14.3 Å². The van der Waals surface area contributed by atoms with Gasteiger partial charge in [0, 0.05) is 16.7 Å². The molecule has 0 bridgehead atoms. The number of hydrogen-bond acceptors (Lipinski definition) is 4. The van der Waals surface area contributed by atoms with Crippen LogP contribution in [0.25, 0.3) is 0 Å². The summed E-state index contributed by atoms with van der Waals surface area (Å²) in [7, 11) is -3.67. The number of nitrogens with zero attached hydrogens (tertiary/aromatic N) is 1. The maximum absolute atomic E-state index is 11.6. The standard InChI is InChI=1S/C13H13N3O2S2/c14-12-10-9-6-5-7-3-1-2-4-8(7)11(9)19-13(10)16-20(17,18)15-12/h1-4,9,11,16H,5-6H2,(H2,14,15). The van der Waals surface area contributed by atoms with Crippen molar-refractivity contribution in [3.8, 4) is 0 Å². The first-order chi connectivity index (χ1) is 9.55. The maximum atomic E-state index is 11.6. The number of benzene rings is 1. The average Bonchev–Trinajstić information content (AvgIpc) is 2.75. The van der Waals surface area contributed by atoms with E-state index in [1.165, 1.54) is 11.1 Å². The van der Waals surface area contributed by atoms with Gasteiger partial charge in [-0.05, 0) is 24.0 Å². The molecule has 3 N–H and O–H groups in total. The maximum Gasteiger partial charge on any atom is 0.344 e. The lowest BCUT2D eigenvalue weighted by atomic mass is 9.79. The average molecular weight is 307 g/mol. The van der Waals surface area contributed by atoms with Crippen molar-refractivity contribution >= 4 is 27.8 Å². The molecule has 20 heavy (non-hydrogen) atoms. The van der Waals surface area contributed by atoms with Crippen molar-refractivity contribution in [2.75, 3.05) is 0 Å². The molecular weight excluding hydrogens is 294 g/mol. The molecule has 5 nitrogen and oxygen atoms in total. The third-order valence-electron chi connectivity index (χ3n) is 4.03. The highest BCUT2D eigenvalue weighted by molar-refractivity contribution is 8.04. The Balaban J connectivity index is 1.80. The van der Waals surface area contributed by atoms with Gasteiger partial charge in [-0.2, -0.15) is 8.42 Å². The van der Waals surface area contributed by atoms with Crippen LogP contribution < -0.4 is 10.5 Å². The van der Waals surface area contributed by atoms with E-state index < -0.39 is 10.2 Å². The quantitative estimate of drug-likeness (QED) is 0.760. The van der Waals surface area contributed by atoms with Crippen molar-refractivity contribution in [1.29, 1.82) is 0 Å². The third-order valence-corrected chi connectivity index (χ3v) is 6.45. The fourth-order valence-corrected chi connectivity index (χ4v) is 5.91. The number of nitrogens with one attached hydrogen (secondary N) is 1. The van der Waals surface area contributed by atoms with Gasteiger partial charge in [-0.25, -0.2) is 0 Å². The van der Waals surface area contributed by atoms with E-state index in [4.69, 9.17) is 5.73 Å². The summed E-state index contributed by atoms with van der Waals surface area (Å²) in [5, 5.41) is 0.892. The van der Waals surface area contributed by atoms with E-state index >= 15 is 0 Å². The van der Waals surface area contributed by atoms with Gasteiger partial charge in [-0.1, -0.05) is 36.0 Å². The Morgan fingerprint density at radius 3 is 3.00 bits per heavy atom. The first-order valence-corrected chi connectivity index (χ1v) is 8.74. The predicted molar refractivity (Wildman–Crippen MR) is 79.3 cm³/mol. The first kappa shape index (κ1) is 12.3. The highest BCUT2D eigenvalue weighted by Crippen LogP contribution is 2.56. The lowest BCUT2D eigenvalue weighted by Crippen LogP contribution is -2.33. The summed E-state index contributed by atoms with van der Waals surface area (Å²) in [5.41, 5.74) is 9.40. The van der Waals surface area contributed by atoms with E-state index in [9.17, 15) is 8.42 Å². The molecule has 0 aromatic heterocycles. The van der Waals surface area contributed by atoms with Crippen molar-refractivity contribution in [1.82, 2.24) is 4.72 Å². The number of thioether (sulfide) groups is 1. The highest BCUT2D eigenvalue weighted by atomic mass is 32.2. The van der Waals surface area contributed by atoms with Crippen molar-refractivity contribution in [2.45, 2.75) is 18.1 Å². The Labute approximate surface area is 121 Å². The molecule has 2 atom stereocenters. The number of rotatable bonds is 0. The summed E-state index contributed by atoms with van der Waals surface area (Å²) >= 11 is 1.56. The van der Waals surface area contributed by atoms with Crippen LogP contribution in [0.3, 0.4) is 0 Å². The minimum Gasteiger partial charge on any atom is -0.383 e. The fraction of sp³-hybridized carbons (Fsp3) is 0.308. The molecule has 0 fully saturated rings. The summed E-state index contributed by atoms with van der Waals surface area (Å²) < 4.78 is 29.4. The van der Waals surface area contributed by atoms with Crippen LogP contribution in [0, 0.1) is 5.92 Å². The lowest BCUT2D eigenvalue weighted by Gasteiger charge is -2.29. The zero-order valence-electron chi connectivity index (χ0n) is 10.5. The molecule has 0 saturated carbocycles. The monoisotopic (exact) mass is 307 g/mol.